The van der Waals surface area contributed by atoms with Crippen LogP contribution in [0.1, 0.15) is 18.7 Å². The summed E-state index contributed by atoms with van der Waals surface area (Å²) in [6.07, 6.45) is 1.87. The molecule has 0 spiro atoms. The smallest absolute Gasteiger partial charge is 0.220 e. The van der Waals surface area contributed by atoms with Gasteiger partial charge in [-0.2, -0.15) is 0 Å². The summed E-state index contributed by atoms with van der Waals surface area (Å²) in [5, 5.41) is 9.18. The largest absolute Gasteiger partial charge is 0.497 e. The van der Waals surface area contributed by atoms with E-state index in [1.165, 1.54) is 6.92 Å². The molecule has 1 aliphatic heterocycles. The summed E-state index contributed by atoms with van der Waals surface area (Å²) in [5.74, 6) is 1.48. The topological polar surface area (TPSA) is 75.3 Å². The maximum atomic E-state index is 11.8. The molecule has 128 valence electrons. The predicted molar refractivity (Wildman–Crippen MR) is 98.2 cm³/mol. The Bertz CT molecular complexity index is 707. The minimum atomic E-state index is -0.779. The molecule has 3 N–H and O–H groups in total. The van der Waals surface area contributed by atoms with E-state index in [9.17, 15) is 4.79 Å². The van der Waals surface area contributed by atoms with E-state index in [-0.39, 0.29) is 11.4 Å². The molecule has 0 aliphatic carbocycles. The van der Waals surface area contributed by atoms with Crippen molar-refractivity contribution in [2.24, 2.45) is 0 Å². The molecule has 1 amide bonds. The summed E-state index contributed by atoms with van der Waals surface area (Å²) in [7, 11) is 1.64. The van der Waals surface area contributed by atoms with Gasteiger partial charge in [0.05, 0.1) is 18.2 Å². The van der Waals surface area contributed by atoms with Crippen LogP contribution in [0.25, 0.3) is 0 Å². The molecule has 1 fully saturated rings. The van der Waals surface area contributed by atoms with E-state index >= 15 is 0 Å². The molecule has 2 heterocycles. The van der Waals surface area contributed by atoms with E-state index < -0.39 is 5.12 Å². The summed E-state index contributed by atoms with van der Waals surface area (Å²) in [4.78, 5) is 17.1. The Labute approximate surface area is 149 Å². The molecule has 1 aliphatic rings. The van der Waals surface area contributed by atoms with Crippen molar-refractivity contribution >= 4 is 34.7 Å². The van der Waals surface area contributed by atoms with Crippen molar-refractivity contribution in [3.63, 3.8) is 0 Å². The number of thiazole rings is 1. The zero-order chi connectivity index (χ0) is 17.2. The number of carbonyl (C=O) groups is 1. The zero-order valence-electron chi connectivity index (χ0n) is 13.8. The Balaban J connectivity index is 1.84. The standard InChI is InChI=1S/C16H20N4O2S2/c1-11(21)18-16(19-12-4-6-13(22-3)7-5-12)20-15(2,9-24-16)14-8-17-10-23-14/h4-8,10,19-20H,9H2,1-3H3,(H,18,21). The minimum absolute atomic E-state index is 0.107. The first-order chi connectivity index (χ1) is 11.4. The minimum Gasteiger partial charge on any atom is -0.497 e. The highest BCUT2D eigenvalue weighted by Gasteiger charge is 2.48. The number of rotatable bonds is 5. The van der Waals surface area contributed by atoms with Crippen molar-refractivity contribution in [3.8, 4) is 5.75 Å². The van der Waals surface area contributed by atoms with E-state index in [2.05, 4.69) is 27.9 Å². The number of nitrogens with zero attached hydrogens (tertiary/aromatic N) is 1. The zero-order valence-corrected chi connectivity index (χ0v) is 15.4. The fraction of sp³-hybridized carbons (Fsp3) is 0.375. The number of methoxy groups -OCH3 is 1. The SMILES string of the molecule is COc1ccc(NC2(NC(C)=O)NC(C)(c3cncs3)CS2)cc1. The Morgan fingerprint density at radius 1 is 1.38 bits per heavy atom. The molecule has 0 saturated carbocycles. The monoisotopic (exact) mass is 364 g/mol. The summed E-state index contributed by atoms with van der Waals surface area (Å²) in [6, 6.07) is 7.61. The third-order valence-corrected chi connectivity index (χ3v) is 6.27. The molecule has 1 aromatic heterocycles. The lowest BCUT2D eigenvalue weighted by Gasteiger charge is -2.34. The van der Waals surface area contributed by atoms with Crippen LogP contribution in [0.4, 0.5) is 5.69 Å². The third-order valence-electron chi connectivity index (χ3n) is 3.77. The lowest BCUT2D eigenvalue weighted by molar-refractivity contribution is -0.120. The van der Waals surface area contributed by atoms with Crippen LogP contribution in [0.2, 0.25) is 0 Å². The number of aromatic nitrogens is 1. The van der Waals surface area contributed by atoms with Crippen molar-refractivity contribution in [3.05, 3.63) is 40.8 Å². The first kappa shape index (κ1) is 17.1. The molecule has 1 saturated heterocycles. The number of thioether (sulfide) groups is 1. The molecular formula is C16H20N4O2S2. The van der Waals surface area contributed by atoms with Crippen LogP contribution in [-0.2, 0) is 10.3 Å². The summed E-state index contributed by atoms with van der Waals surface area (Å²) >= 11 is 3.23. The normalized spacial score (nSPS) is 26.1. The van der Waals surface area contributed by atoms with Crippen LogP contribution < -0.4 is 20.7 Å². The van der Waals surface area contributed by atoms with Crippen molar-refractivity contribution in [1.29, 1.82) is 0 Å². The maximum Gasteiger partial charge on any atom is 0.220 e. The Hall–Kier alpha value is -1.77. The van der Waals surface area contributed by atoms with Crippen LogP contribution in [0.15, 0.2) is 36.0 Å². The Morgan fingerprint density at radius 2 is 2.12 bits per heavy atom. The van der Waals surface area contributed by atoms with Crippen LogP contribution in [0.5, 0.6) is 5.75 Å². The van der Waals surface area contributed by atoms with Crippen molar-refractivity contribution in [2.75, 3.05) is 18.2 Å². The second-order valence-corrected chi connectivity index (χ2v) is 7.90. The third kappa shape index (κ3) is 3.50. The highest BCUT2D eigenvalue weighted by atomic mass is 32.2. The van der Waals surface area contributed by atoms with E-state index in [4.69, 9.17) is 4.74 Å². The molecule has 0 radical (unpaired) electrons. The van der Waals surface area contributed by atoms with Gasteiger partial charge in [-0.3, -0.25) is 15.1 Å². The highest BCUT2D eigenvalue weighted by molar-refractivity contribution is 8.01. The fourth-order valence-corrected chi connectivity index (χ4v) is 4.89. The predicted octanol–water partition coefficient (Wildman–Crippen LogP) is 2.56. The molecule has 8 heteroatoms. The summed E-state index contributed by atoms with van der Waals surface area (Å²) < 4.78 is 5.19. The Morgan fingerprint density at radius 3 is 2.71 bits per heavy atom. The Kier molecular flexibility index (Phi) is 4.71. The van der Waals surface area contributed by atoms with Gasteiger partial charge in [-0.05, 0) is 31.2 Å². The first-order valence-corrected chi connectivity index (χ1v) is 9.34. The van der Waals surface area contributed by atoms with Gasteiger partial charge in [0.25, 0.3) is 0 Å². The molecular weight excluding hydrogens is 344 g/mol. The number of hydrogen-bond donors (Lipinski definition) is 3. The molecule has 0 bridgehead atoms. The maximum absolute atomic E-state index is 11.8. The number of ether oxygens (including phenoxy) is 1. The van der Waals surface area contributed by atoms with Gasteiger partial charge in [-0.25, -0.2) is 0 Å². The van der Waals surface area contributed by atoms with Gasteiger partial charge < -0.3 is 15.4 Å². The van der Waals surface area contributed by atoms with Gasteiger partial charge in [-0.1, -0.05) is 11.8 Å². The number of nitrogens with one attached hydrogen (secondary N) is 3. The van der Waals surface area contributed by atoms with Crippen molar-refractivity contribution in [1.82, 2.24) is 15.6 Å². The quantitative estimate of drug-likeness (QED) is 0.708. The van der Waals surface area contributed by atoms with Crippen LogP contribution in [-0.4, -0.2) is 28.9 Å². The number of benzene rings is 1. The summed E-state index contributed by atoms with van der Waals surface area (Å²) in [6.45, 7) is 3.63. The second kappa shape index (κ2) is 6.62. The number of amides is 1. The van der Waals surface area contributed by atoms with Gasteiger partial charge in [-0.15, -0.1) is 11.3 Å². The molecule has 2 unspecified atom stereocenters. The average molecular weight is 364 g/mol. The first-order valence-electron chi connectivity index (χ1n) is 7.48. The average Bonchev–Trinajstić information content (AvgIpc) is 3.17. The lowest BCUT2D eigenvalue weighted by Crippen LogP contribution is -2.61. The molecule has 2 atom stereocenters. The van der Waals surface area contributed by atoms with Crippen LogP contribution >= 0.6 is 23.1 Å². The van der Waals surface area contributed by atoms with Gasteiger partial charge in [0.15, 0.2) is 0 Å². The van der Waals surface area contributed by atoms with E-state index in [1.54, 1.807) is 30.2 Å². The molecule has 24 heavy (non-hydrogen) atoms. The number of carbonyl (C=O) groups excluding carboxylic acids is 1. The van der Waals surface area contributed by atoms with E-state index in [0.717, 1.165) is 22.1 Å². The van der Waals surface area contributed by atoms with Gasteiger partial charge >= 0.3 is 0 Å². The van der Waals surface area contributed by atoms with Gasteiger partial charge in [0.1, 0.15) is 5.75 Å². The van der Waals surface area contributed by atoms with Gasteiger partial charge in [0, 0.05) is 29.4 Å². The van der Waals surface area contributed by atoms with Crippen LogP contribution in [0, 0.1) is 0 Å². The van der Waals surface area contributed by atoms with Crippen molar-refractivity contribution in [2.45, 2.75) is 24.5 Å². The van der Waals surface area contributed by atoms with Crippen LogP contribution in [0.3, 0.4) is 0 Å². The molecule has 3 rings (SSSR count). The second-order valence-electron chi connectivity index (χ2n) is 5.83. The van der Waals surface area contributed by atoms with Gasteiger partial charge in [0.2, 0.25) is 11.0 Å². The molecule has 6 nitrogen and oxygen atoms in total. The number of hydrogen-bond acceptors (Lipinski definition) is 7. The fourth-order valence-electron chi connectivity index (χ4n) is 2.63. The van der Waals surface area contributed by atoms with E-state index in [0.29, 0.717) is 0 Å². The highest BCUT2D eigenvalue weighted by Crippen LogP contribution is 2.41. The van der Waals surface area contributed by atoms with E-state index in [1.807, 2.05) is 36.0 Å². The molecule has 1 aromatic carbocycles. The molecule has 2 aromatic rings. The van der Waals surface area contributed by atoms with Crippen molar-refractivity contribution < 1.29 is 9.53 Å². The lowest BCUT2D eigenvalue weighted by atomic mass is 10.0. The number of anilines is 1. The summed E-state index contributed by atoms with van der Waals surface area (Å²) in [5.41, 5.74) is 2.44.